The number of carbonyl (C=O) groups is 1. The van der Waals surface area contributed by atoms with Crippen molar-refractivity contribution in [1.82, 2.24) is 9.97 Å². The van der Waals surface area contributed by atoms with E-state index in [9.17, 15) is 9.59 Å². The summed E-state index contributed by atoms with van der Waals surface area (Å²) in [6.07, 6.45) is 0.519. The minimum Gasteiger partial charge on any atom is -0.310 e. The Bertz CT molecular complexity index is 592. The van der Waals surface area contributed by atoms with Crippen LogP contribution in [-0.2, 0) is 11.2 Å². The number of aromatic nitrogens is 2. The van der Waals surface area contributed by atoms with Gasteiger partial charge in [0.15, 0.2) is 0 Å². The summed E-state index contributed by atoms with van der Waals surface area (Å²) < 4.78 is 0. The number of carbonyl (C=O) groups excluding carboxylic acids is 1. The van der Waals surface area contributed by atoms with E-state index in [4.69, 9.17) is 11.6 Å². The van der Waals surface area contributed by atoms with E-state index in [0.29, 0.717) is 23.1 Å². The van der Waals surface area contributed by atoms with Crippen LogP contribution in [0, 0.1) is 0 Å². The van der Waals surface area contributed by atoms with E-state index in [1.807, 2.05) is 6.07 Å². The molecule has 0 unspecified atom stereocenters. The van der Waals surface area contributed by atoms with E-state index in [-0.39, 0.29) is 12.0 Å². The van der Waals surface area contributed by atoms with Gasteiger partial charge in [0, 0.05) is 12.8 Å². The number of H-pyrrole nitrogens is 1. The van der Waals surface area contributed by atoms with Crippen LogP contribution < -0.4 is 5.56 Å². The molecule has 0 aliphatic heterocycles. The summed E-state index contributed by atoms with van der Waals surface area (Å²) in [6.45, 7) is 0. The molecule has 0 atom stereocenters. The Labute approximate surface area is 96.3 Å². The maximum absolute atomic E-state index is 11.6. The third-order valence-electron chi connectivity index (χ3n) is 2.22. The molecule has 0 amide bonds. The van der Waals surface area contributed by atoms with E-state index >= 15 is 0 Å². The standard InChI is InChI=1S/C11H9ClN2O2/c12-9(15)5-6-10-13-8-4-2-1-3-7(8)11(16)14-10/h1-4H,5-6H2,(H,13,14,16). The Kier molecular flexibility index (Phi) is 3.01. The van der Waals surface area contributed by atoms with Crippen LogP contribution in [0.5, 0.6) is 0 Å². The van der Waals surface area contributed by atoms with Gasteiger partial charge in [-0.05, 0) is 23.7 Å². The van der Waals surface area contributed by atoms with Crippen molar-refractivity contribution >= 4 is 27.7 Å². The molecule has 1 aromatic heterocycles. The molecule has 0 aliphatic rings. The SMILES string of the molecule is O=C(Cl)CCc1nc2ccccc2c(=O)[nH]1. The Morgan fingerprint density at radius 3 is 2.88 bits per heavy atom. The van der Waals surface area contributed by atoms with Crippen LogP contribution in [0.15, 0.2) is 29.1 Å². The first-order valence-electron chi connectivity index (χ1n) is 4.83. The molecule has 2 rings (SSSR count). The summed E-state index contributed by atoms with van der Waals surface area (Å²) in [5, 5.41) is 0.110. The molecule has 5 heteroatoms. The Balaban J connectivity index is 2.42. The number of fused-ring (bicyclic) bond motifs is 1. The number of rotatable bonds is 3. The highest BCUT2D eigenvalue weighted by atomic mass is 35.5. The Morgan fingerprint density at radius 1 is 1.38 bits per heavy atom. The van der Waals surface area contributed by atoms with Crippen LogP contribution in [0.25, 0.3) is 10.9 Å². The van der Waals surface area contributed by atoms with Crippen LogP contribution in [0.3, 0.4) is 0 Å². The fourth-order valence-electron chi connectivity index (χ4n) is 1.47. The number of benzene rings is 1. The number of aromatic amines is 1. The summed E-state index contributed by atoms with van der Waals surface area (Å²) in [7, 11) is 0. The fraction of sp³-hybridized carbons (Fsp3) is 0.182. The van der Waals surface area contributed by atoms with Crippen molar-refractivity contribution in [3.63, 3.8) is 0 Å². The van der Waals surface area contributed by atoms with Gasteiger partial charge in [-0.25, -0.2) is 4.98 Å². The summed E-state index contributed by atoms with van der Waals surface area (Å²) >= 11 is 5.23. The van der Waals surface area contributed by atoms with E-state index in [1.165, 1.54) is 0 Å². The number of aryl methyl sites for hydroxylation is 1. The Hall–Kier alpha value is -1.68. The minimum atomic E-state index is -0.434. The lowest BCUT2D eigenvalue weighted by Crippen LogP contribution is -2.12. The van der Waals surface area contributed by atoms with E-state index in [1.54, 1.807) is 18.2 Å². The Morgan fingerprint density at radius 2 is 2.12 bits per heavy atom. The largest absolute Gasteiger partial charge is 0.310 e. The first kappa shape index (κ1) is 10.8. The third-order valence-corrected chi connectivity index (χ3v) is 2.41. The summed E-state index contributed by atoms with van der Waals surface area (Å²) in [5.41, 5.74) is 0.436. The predicted molar refractivity (Wildman–Crippen MR) is 61.5 cm³/mol. The number of nitrogens with zero attached hydrogens (tertiary/aromatic N) is 1. The summed E-state index contributed by atoms with van der Waals surface area (Å²) in [5.74, 6) is 0.484. The highest BCUT2D eigenvalue weighted by molar-refractivity contribution is 6.63. The number of para-hydroxylation sites is 1. The van der Waals surface area contributed by atoms with Crippen LogP contribution in [0.4, 0.5) is 0 Å². The van der Waals surface area contributed by atoms with Gasteiger partial charge in [-0.1, -0.05) is 12.1 Å². The molecule has 0 saturated carbocycles. The molecule has 16 heavy (non-hydrogen) atoms. The van der Waals surface area contributed by atoms with E-state index in [0.717, 1.165) is 0 Å². The molecule has 1 heterocycles. The smallest absolute Gasteiger partial charge is 0.258 e. The molecule has 0 bridgehead atoms. The highest BCUT2D eigenvalue weighted by Crippen LogP contribution is 2.06. The second-order valence-electron chi connectivity index (χ2n) is 3.38. The molecule has 0 spiro atoms. The van der Waals surface area contributed by atoms with Crippen LogP contribution in [0.1, 0.15) is 12.2 Å². The van der Waals surface area contributed by atoms with Crippen molar-refractivity contribution in [1.29, 1.82) is 0 Å². The van der Waals surface area contributed by atoms with Gasteiger partial charge >= 0.3 is 0 Å². The van der Waals surface area contributed by atoms with Crippen molar-refractivity contribution in [2.24, 2.45) is 0 Å². The van der Waals surface area contributed by atoms with Crippen molar-refractivity contribution in [3.05, 3.63) is 40.4 Å². The van der Waals surface area contributed by atoms with Gasteiger partial charge in [-0.2, -0.15) is 0 Å². The average Bonchev–Trinajstić information content (AvgIpc) is 2.26. The zero-order valence-electron chi connectivity index (χ0n) is 8.37. The summed E-state index contributed by atoms with van der Waals surface area (Å²) in [4.78, 5) is 29.1. The average molecular weight is 237 g/mol. The van der Waals surface area contributed by atoms with Gasteiger partial charge < -0.3 is 4.98 Å². The number of hydrogen-bond acceptors (Lipinski definition) is 3. The molecule has 0 saturated heterocycles. The molecular weight excluding hydrogens is 228 g/mol. The van der Waals surface area contributed by atoms with Gasteiger partial charge in [0.25, 0.3) is 5.56 Å². The molecule has 4 nitrogen and oxygen atoms in total. The second kappa shape index (κ2) is 4.45. The van der Waals surface area contributed by atoms with Crippen molar-refractivity contribution in [2.45, 2.75) is 12.8 Å². The molecule has 1 N–H and O–H groups in total. The summed E-state index contributed by atoms with van der Waals surface area (Å²) in [6, 6.07) is 7.06. The molecule has 82 valence electrons. The first-order valence-corrected chi connectivity index (χ1v) is 5.21. The van der Waals surface area contributed by atoms with Crippen LogP contribution in [0.2, 0.25) is 0 Å². The number of nitrogens with one attached hydrogen (secondary N) is 1. The van der Waals surface area contributed by atoms with Gasteiger partial charge in [0.2, 0.25) is 5.24 Å². The van der Waals surface area contributed by atoms with Gasteiger partial charge in [0.1, 0.15) is 5.82 Å². The molecular formula is C11H9ClN2O2. The van der Waals surface area contributed by atoms with Gasteiger partial charge in [-0.15, -0.1) is 0 Å². The third kappa shape index (κ3) is 2.28. The van der Waals surface area contributed by atoms with Crippen molar-refractivity contribution in [2.75, 3.05) is 0 Å². The maximum atomic E-state index is 11.6. The van der Waals surface area contributed by atoms with Crippen molar-refractivity contribution < 1.29 is 4.79 Å². The topological polar surface area (TPSA) is 62.8 Å². The van der Waals surface area contributed by atoms with Gasteiger partial charge in [-0.3, -0.25) is 9.59 Å². The molecule has 0 radical (unpaired) electrons. The quantitative estimate of drug-likeness (QED) is 0.824. The second-order valence-corrected chi connectivity index (χ2v) is 3.81. The number of hydrogen-bond donors (Lipinski definition) is 1. The lowest BCUT2D eigenvalue weighted by molar-refractivity contribution is -0.111. The van der Waals surface area contributed by atoms with Crippen molar-refractivity contribution in [3.8, 4) is 0 Å². The minimum absolute atomic E-state index is 0.169. The van der Waals surface area contributed by atoms with Gasteiger partial charge in [0.05, 0.1) is 10.9 Å². The molecule has 0 aliphatic carbocycles. The van der Waals surface area contributed by atoms with Crippen LogP contribution >= 0.6 is 11.6 Å². The first-order chi connectivity index (χ1) is 7.66. The maximum Gasteiger partial charge on any atom is 0.258 e. The molecule has 0 fully saturated rings. The fourth-order valence-corrected chi connectivity index (χ4v) is 1.56. The normalized spacial score (nSPS) is 10.6. The monoisotopic (exact) mass is 236 g/mol. The molecule has 2 aromatic rings. The number of halogens is 1. The zero-order valence-corrected chi connectivity index (χ0v) is 9.12. The lowest BCUT2D eigenvalue weighted by Gasteiger charge is -2.00. The lowest BCUT2D eigenvalue weighted by atomic mass is 10.2. The van der Waals surface area contributed by atoms with E-state index in [2.05, 4.69) is 9.97 Å². The zero-order chi connectivity index (χ0) is 11.5. The van der Waals surface area contributed by atoms with E-state index < -0.39 is 5.24 Å². The van der Waals surface area contributed by atoms with Crippen LogP contribution in [-0.4, -0.2) is 15.2 Å². The predicted octanol–water partition coefficient (Wildman–Crippen LogP) is 1.62. The highest BCUT2D eigenvalue weighted by Gasteiger charge is 2.04. The molecule has 1 aromatic carbocycles.